The molecule has 0 unspecified atom stereocenters. The highest BCUT2D eigenvalue weighted by Crippen LogP contribution is 2.37. The van der Waals surface area contributed by atoms with Gasteiger partial charge >= 0.3 is 0 Å². The number of benzene rings is 6. The van der Waals surface area contributed by atoms with Gasteiger partial charge in [-0.25, -0.2) is 9.97 Å². The van der Waals surface area contributed by atoms with E-state index >= 15 is 0 Å². The largest absolute Gasteiger partial charge is 0.264 e. The molecule has 0 aliphatic rings. The van der Waals surface area contributed by atoms with Crippen molar-refractivity contribution in [3.8, 4) is 33.9 Å². The Morgan fingerprint density at radius 2 is 0.950 bits per heavy atom. The van der Waals surface area contributed by atoms with Gasteiger partial charge in [0.25, 0.3) is 0 Å². The monoisotopic (exact) mass is 509 g/mol. The molecule has 0 bridgehead atoms. The van der Waals surface area contributed by atoms with Crippen LogP contribution in [0.25, 0.3) is 77.0 Å². The number of hydrogen-bond donors (Lipinski definition) is 0. The smallest absolute Gasteiger partial charge is 0.161 e. The quantitative estimate of drug-likeness (QED) is 0.223. The van der Waals surface area contributed by atoms with E-state index in [-0.39, 0.29) is 0 Å². The molecule has 8 aromatic rings. The summed E-state index contributed by atoms with van der Waals surface area (Å²) in [7, 11) is 0. The lowest BCUT2D eigenvalue weighted by molar-refractivity contribution is 1.17. The lowest BCUT2D eigenvalue weighted by Crippen LogP contribution is -1.97. The summed E-state index contributed by atoms with van der Waals surface area (Å²) in [4.78, 5) is 14.6. The van der Waals surface area contributed by atoms with Gasteiger partial charge in [0.2, 0.25) is 0 Å². The van der Waals surface area contributed by atoms with E-state index in [1.54, 1.807) is 6.20 Å². The topological polar surface area (TPSA) is 38.7 Å². The molecule has 2 heterocycles. The Morgan fingerprint density at radius 3 is 1.50 bits per heavy atom. The van der Waals surface area contributed by atoms with Crippen LogP contribution in [-0.4, -0.2) is 15.0 Å². The highest BCUT2D eigenvalue weighted by molar-refractivity contribution is 6.13. The van der Waals surface area contributed by atoms with Crippen LogP contribution in [-0.2, 0) is 0 Å². The number of aromatic nitrogens is 3. The molecule has 0 atom stereocenters. The molecule has 186 valence electrons. The van der Waals surface area contributed by atoms with Gasteiger partial charge in [-0.1, -0.05) is 109 Å². The zero-order valence-electron chi connectivity index (χ0n) is 21.6. The summed E-state index contributed by atoms with van der Waals surface area (Å²) in [5.41, 5.74) is 4.84. The van der Waals surface area contributed by atoms with E-state index in [4.69, 9.17) is 9.97 Å². The SMILES string of the molecule is c1cncc(-c2nc(-c3cccc4c3ccc3ccccc34)cc(-c3cccc4c3ccc3ccccc34)n2)c1. The van der Waals surface area contributed by atoms with Crippen LogP contribution in [0.15, 0.2) is 140 Å². The van der Waals surface area contributed by atoms with Crippen LogP contribution >= 0.6 is 0 Å². The fraction of sp³-hybridized carbons (Fsp3) is 0. The van der Waals surface area contributed by atoms with Gasteiger partial charge in [-0.2, -0.15) is 0 Å². The summed E-state index contributed by atoms with van der Waals surface area (Å²) in [5.74, 6) is 0.663. The molecule has 3 heteroatoms. The minimum absolute atomic E-state index is 0.663. The number of pyridine rings is 1. The van der Waals surface area contributed by atoms with Crippen LogP contribution in [0.3, 0.4) is 0 Å². The third-order valence-electron chi connectivity index (χ3n) is 7.77. The highest BCUT2D eigenvalue weighted by atomic mass is 14.9. The van der Waals surface area contributed by atoms with Crippen molar-refractivity contribution in [1.29, 1.82) is 0 Å². The van der Waals surface area contributed by atoms with E-state index in [1.807, 2.05) is 18.3 Å². The molecule has 0 saturated heterocycles. The van der Waals surface area contributed by atoms with Crippen molar-refractivity contribution in [2.75, 3.05) is 0 Å². The van der Waals surface area contributed by atoms with Crippen LogP contribution in [0.4, 0.5) is 0 Å². The van der Waals surface area contributed by atoms with Crippen LogP contribution in [0.1, 0.15) is 0 Å². The zero-order valence-corrected chi connectivity index (χ0v) is 21.6. The normalized spacial score (nSPS) is 11.5. The van der Waals surface area contributed by atoms with E-state index in [0.29, 0.717) is 5.82 Å². The molecule has 0 radical (unpaired) electrons. The zero-order chi connectivity index (χ0) is 26.5. The Balaban J connectivity index is 1.42. The van der Waals surface area contributed by atoms with Crippen molar-refractivity contribution in [2.45, 2.75) is 0 Å². The van der Waals surface area contributed by atoms with Gasteiger partial charge in [0, 0.05) is 29.1 Å². The fourth-order valence-electron chi connectivity index (χ4n) is 5.87. The van der Waals surface area contributed by atoms with Crippen molar-refractivity contribution in [1.82, 2.24) is 15.0 Å². The van der Waals surface area contributed by atoms with Gasteiger partial charge in [0.05, 0.1) is 11.4 Å². The van der Waals surface area contributed by atoms with Gasteiger partial charge in [0.1, 0.15) is 0 Å². The first-order chi connectivity index (χ1) is 19.8. The van der Waals surface area contributed by atoms with Crippen molar-refractivity contribution in [2.24, 2.45) is 0 Å². The summed E-state index contributed by atoms with van der Waals surface area (Å²) < 4.78 is 0. The average molecular weight is 510 g/mol. The lowest BCUT2D eigenvalue weighted by atomic mass is 9.94. The van der Waals surface area contributed by atoms with E-state index in [1.165, 1.54) is 43.1 Å². The Labute approximate surface area is 231 Å². The first kappa shape index (κ1) is 22.6. The van der Waals surface area contributed by atoms with Crippen LogP contribution < -0.4 is 0 Å². The van der Waals surface area contributed by atoms with Gasteiger partial charge in [-0.15, -0.1) is 0 Å². The number of fused-ring (bicyclic) bond motifs is 6. The third-order valence-corrected chi connectivity index (χ3v) is 7.77. The maximum absolute atomic E-state index is 5.11. The molecular formula is C37H23N3. The average Bonchev–Trinajstić information content (AvgIpc) is 3.04. The highest BCUT2D eigenvalue weighted by Gasteiger charge is 2.15. The van der Waals surface area contributed by atoms with Crippen LogP contribution in [0.2, 0.25) is 0 Å². The summed E-state index contributed by atoms with van der Waals surface area (Å²) in [6, 6.07) is 44.9. The van der Waals surface area contributed by atoms with E-state index in [2.05, 4.69) is 120 Å². The number of hydrogen-bond acceptors (Lipinski definition) is 3. The van der Waals surface area contributed by atoms with Crippen molar-refractivity contribution >= 4 is 43.1 Å². The molecule has 3 nitrogen and oxygen atoms in total. The minimum atomic E-state index is 0.663. The lowest BCUT2D eigenvalue weighted by Gasteiger charge is -2.14. The molecule has 0 spiro atoms. The Morgan fingerprint density at radius 1 is 0.400 bits per heavy atom. The van der Waals surface area contributed by atoms with Gasteiger partial charge in [-0.3, -0.25) is 4.98 Å². The van der Waals surface area contributed by atoms with E-state index in [9.17, 15) is 0 Å². The van der Waals surface area contributed by atoms with E-state index < -0.39 is 0 Å². The molecule has 8 rings (SSSR count). The predicted octanol–water partition coefficient (Wildman–Crippen LogP) is 9.49. The molecule has 0 amide bonds. The summed E-state index contributed by atoms with van der Waals surface area (Å²) in [6.45, 7) is 0. The van der Waals surface area contributed by atoms with Crippen LogP contribution in [0, 0.1) is 0 Å². The molecule has 0 saturated carbocycles. The molecule has 0 N–H and O–H groups in total. The Bertz CT molecular complexity index is 2080. The second-order valence-electron chi connectivity index (χ2n) is 10.1. The molecule has 40 heavy (non-hydrogen) atoms. The maximum atomic E-state index is 5.11. The summed E-state index contributed by atoms with van der Waals surface area (Å²) in [5, 5.41) is 9.72. The summed E-state index contributed by atoms with van der Waals surface area (Å²) >= 11 is 0. The molecule has 0 aliphatic heterocycles. The fourth-order valence-corrected chi connectivity index (χ4v) is 5.87. The number of rotatable bonds is 3. The Kier molecular flexibility index (Phi) is 5.14. The number of nitrogens with zero attached hydrogens (tertiary/aromatic N) is 3. The first-order valence-electron chi connectivity index (χ1n) is 13.4. The third kappa shape index (κ3) is 3.63. The molecule has 0 fully saturated rings. The second kappa shape index (κ2) is 9.11. The van der Waals surface area contributed by atoms with Crippen molar-refractivity contribution in [3.05, 3.63) is 140 Å². The predicted molar refractivity (Wildman–Crippen MR) is 166 cm³/mol. The standard InChI is InChI=1S/C37H23N3/c1-3-11-27-24(8-1)17-19-31-29(27)13-5-15-33(31)35-22-36(40-37(39-35)26-10-7-21-38-23-26)34-16-6-14-30-28-12-4-2-9-25(28)18-20-32(30)34/h1-23H. The molecule has 6 aromatic carbocycles. The van der Waals surface area contributed by atoms with Crippen LogP contribution in [0.5, 0.6) is 0 Å². The van der Waals surface area contributed by atoms with Gasteiger partial charge in [0.15, 0.2) is 5.82 Å². The maximum Gasteiger partial charge on any atom is 0.161 e. The van der Waals surface area contributed by atoms with Gasteiger partial charge < -0.3 is 0 Å². The van der Waals surface area contributed by atoms with E-state index in [0.717, 1.165) is 28.1 Å². The summed E-state index contributed by atoms with van der Waals surface area (Å²) in [6.07, 6.45) is 3.61. The van der Waals surface area contributed by atoms with Crippen molar-refractivity contribution in [3.63, 3.8) is 0 Å². The second-order valence-corrected chi connectivity index (χ2v) is 10.1. The first-order valence-corrected chi connectivity index (χ1v) is 13.4. The van der Waals surface area contributed by atoms with Gasteiger partial charge in [-0.05, 0) is 61.3 Å². The molecule has 0 aliphatic carbocycles. The minimum Gasteiger partial charge on any atom is -0.264 e. The molecule has 2 aromatic heterocycles. The van der Waals surface area contributed by atoms with Crippen molar-refractivity contribution < 1.29 is 0 Å². The molecular weight excluding hydrogens is 486 g/mol. The Hall–Kier alpha value is -5.41.